The molecule has 0 radical (unpaired) electrons. The van der Waals surface area contributed by atoms with Crippen LogP contribution in [0.4, 0.5) is 17.6 Å². The largest absolute Gasteiger partial charge is 0.489 e. The molecule has 1 atom stereocenters. The molecule has 0 aliphatic carbocycles. The standard InChI is InChI=1S/C24H31N7O2/c1-16(32)20-13-17-14-27-24(30-22(17)23(28-20)31-11-3-2-4-12-31)29-21-6-5-19(15-26-21)33-18-7-9-25-10-8-18/h5-6,13-16,18,25,32H,2-4,7-12H2,1H3,(H,26,27,29,30)/t16-/m1/s1. The first-order valence-corrected chi connectivity index (χ1v) is 11.9. The molecule has 2 aliphatic heterocycles. The molecule has 3 N–H and O–H groups in total. The lowest BCUT2D eigenvalue weighted by atomic mass is 10.1. The van der Waals surface area contributed by atoms with Crippen molar-refractivity contribution < 1.29 is 9.84 Å². The Labute approximate surface area is 193 Å². The van der Waals surface area contributed by atoms with E-state index in [1.165, 1.54) is 6.42 Å². The number of aliphatic hydroxyl groups is 1. The highest BCUT2D eigenvalue weighted by atomic mass is 16.5. The fourth-order valence-electron chi connectivity index (χ4n) is 4.39. The molecule has 0 unspecified atom stereocenters. The zero-order chi connectivity index (χ0) is 22.6. The number of nitrogens with zero attached hydrogens (tertiary/aromatic N) is 5. The molecule has 5 rings (SSSR count). The van der Waals surface area contributed by atoms with E-state index in [-0.39, 0.29) is 6.10 Å². The zero-order valence-corrected chi connectivity index (χ0v) is 19.0. The highest BCUT2D eigenvalue weighted by Gasteiger charge is 2.19. The molecule has 33 heavy (non-hydrogen) atoms. The third-order valence-electron chi connectivity index (χ3n) is 6.22. The van der Waals surface area contributed by atoms with Crippen molar-refractivity contribution in [2.45, 2.75) is 51.2 Å². The molecule has 9 nitrogen and oxygen atoms in total. The fraction of sp³-hybridized carbons (Fsp3) is 0.500. The SMILES string of the molecule is C[C@@H](O)c1cc2cnc(Nc3ccc(OC4CCNCC4)cn3)nc2c(N2CCCCC2)n1. The minimum atomic E-state index is -0.648. The number of aromatic nitrogens is 4. The van der Waals surface area contributed by atoms with Crippen LogP contribution in [0.1, 0.15) is 50.8 Å². The van der Waals surface area contributed by atoms with E-state index < -0.39 is 6.10 Å². The molecule has 2 saturated heterocycles. The van der Waals surface area contributed by atoms with Crippen molar-refractivity contribution in [3.8, 4) is 5.75 Å². The molecule has 0 saturated carbocycles. The first-order valence-electron chi connectivity index (χ1n) is 11.9. The molecule has 2 fully saturated rings. The maximum Gasteiger partial charge on any atom is 0.229 e. The van der Waals surface area contributed by atoms with Gasteiger partial charge in [0.15, 0.2) is 5.82 Å². The van der Waals surface area contributed by atoms with E-state index in [0.717, 1.165) is 74.3 Å². The predicted molar refractivity (Wildman–Crippen MR) is 128 cm³/mol. The number of anilines is 3. The molecule has 0 amide bonds. The molecular weight excluding hydrogens is 418 g/mol. The van der Waals surface area contributed by atoms with Crippen LogP contribution in [0.3, 0.4) is 0 Å². The summed E-state index contributed by atoms with van der Waals surface area (Å²) in [5.41, 5.74) is 1.42. The molecule has 0 spiro atoms. The van der Waals surface area contributed by atoms with Gasteiger partial charge in [0.25, 0.3) is 0 Å². The van der Waals surface area contributed by atoms with E-state index in [1.807, 2.05) is 18.2 Å². The van der Waals surface area contributed by atoms with Gasteiger partial charge in [0.2, 0.25) is 5.95 Å². The summed E-state index contributed by atoms with van der Waals surface area (Å²) in [6, 6.07) is 5.67. The van der Waals surface area contributed by atoms with E-state index in [9.17, 15) is 5.11 Å². The van der Waals surface area contributed by atoms with Gasteiger partial charge in [0.05, 0.1) is 18.0 Å². The molecule has 9 heteroatoms. The molecule has 3 aromatic rings. The number of aliphatic hydroxyl groups excluding tert-OH is 1. The van der Waals surface area contributed by atoms with Crippen LogP contribution in [-0.4, -0.2) is 57.3 Å². The predicted octanol–water partition coefficient (Wildman–Crippen LogP) is 3.34. The van der Waals surface area contributed by atoms with Crippen LogP contribution >= 0.6 is 0 Å². The van der Waals surface area contributed by atoms with Crippen molar-refractivity contribution in [1.29, 1.82) is 0 Å². The van der Waals surface area contributed by atoms with Gasteiger partial charge in [-0.3, -0.25) is 0 Å². The Morgan fingerprint density at radius 1 is 1.09 bits per heavy atom. The smallest absolute Gasteiger partial charge is 0.229 e. The van der Waals surface area contributed by atoms with Gasteiger partial charge in [0.1, 0.15) is 23.2 Å². The van der Waals surface area contributed by atoms with Gasteiger partial charge in [-0.2, -0.15) is 0 Å². The summed E-state index contributed by atoms with van der Waals surface area (Å²) in [6.07, 6.45) is 8.62. The number of piperidine rings is 2. The van der Waals surface area contributed by atoms with Gasteiger partial charge < -0.3 is 25.4 Å². The van der Waals surface area contributed by atoms with Gasteiger partial charge in [-0.1, -0.05) is 0 Å². The molecule has 0 bridgehead atoms. The first kappa shape index (κ1) is 21.8. The van der Waals surface area contributed by atoms with Crippen LogP contribution in [0.5, 0.6) is 5.75 Å². The highest BCUT2D eigenvalue weighted by Crippen LogP contribution is 2.29. The molecule has 3 aromatic heterocycles. The Morgan fingerprint density at radius 3 is 2.64 bits per heavy atom. The van der Waals surface area contributed by atoms with Crippen LogP contribution < -0.4 is 20.3 Å². The third kappa shape index (κ3) is 5.15. The minimum absolute atomic E-state index is 0.239. The summed E-state index contributed by atoms with van der Waals surface area (Å²) >= 11 is 0. The summed E-state index contributed by atoms with van der Waals surface area (Å²) in [6.45, 7) is 5.60. The van der Waals surface area contributed by atoms with E-state index in [0.29, 0.717) is 17.5 Å². The highest BCUT2D eigenvalue weighted by molar-refractivity contribution is 5.89. The van der Waals surface area contributed by atoms with Crippen LogP contribution in [0.2, 0.25) is 0 Å². The molecular formula is C24H31N7O2. The van der Waals surface area contributed by atoms with Crippen molar-refractivity contribution in [2.75, 3.05) is 36.4 Å². The summed E-state index contributed by atoms with van der Waals surface area (Å²) in [4.78, 5) is 20.8. The van der Waals surface area contributed by atoms with Gasteiger partial charge in [-0.15, -0.1) is 0 Å². The maximum absolute atomic E-state index is 10.1. The molecule has 5 heterocycles. The van der Waals surface area contributed by atoms with Crippen molar-refractivity contribution in [3.63, 3.8) is 0 Å². The Balaban J connectivity index is 1.37. The second-order valence-electron chi connectivity index (χ2n) is 8.80. The topological polar surface area (TPSA) is 108 Å². The lowest BCUT2D eigenvalue weighted by Crippen LogP contribution is -2.34. The fourth-order valence-corrected chi connectivity index (χ4v) is 4.39. The number of rotatable bonds is 6. The van der Waals surface area contributed by atoms with Crippen LogP contribution in [0, 0.1) is 0 Å². The lowest BCUT2D eigenvalue weighted by molar-refractivity contribution is 0.162. The second-order valence-corrected chi connectivity index (χ2v) is 8.80. The number of hydrogen-bond acceptors (Lipinski definition) is 9. The average Bonchev–Trinajstić information content (AvgIpc) is 2.86. The zero-order valence-electron chi connectivity index (χ0n) is 19.0. The van der Waals surface area contributed by atoms with Gasteiger partial charge in [-0.05, 0) is 70.3 Å². The van der Waals surface area contributed by atoms with E-state index in [1.54, 1.807) is 19.3 Å². The Bertz CT molecular complexity index is 1080. The Hall–Kier alpha value is -3.04. The first-order chi connectivity index (χ1) is 16.2. The Kier molecular flexibility index (Phi) is 6.50. The second kappa shape index (κ2) is 9.84. The van der Waals surface area contributed by atoms with Crippen molar-refractivity contribution in [2.24, 2.45) is 0 Å². The summed E-state index contributed by atoms with van der Waals surface area (Å²) in [5, 5.41) is 17.5. The summed E-state index contributed by atoms with van der Waals surface area (Å²) in [5.74, 6) is 2.70. The quantitative estimate of drug-likeness (QED) is 0.522. The van der Waals surface area contributed by atoms with Crippen LogP contribution in [0.25, 0.3) is 10.9 Å². The van der Waals surface area contributed by atoms with E-state index >= 15 is 0 Å². The number of ether oxygens (including phenoxy) is 1. The number of pyridine rings is 2. The molecule has 2 aliphatic rings. The number of fused-ring (bicyclic) bond motifs is 1. The van der Waals surface area contributed by atoms with Crippen LogP contribution in [-0.2, 0) is 0 Å². The summed E-state index contributed by atoms with van der Waals surface area (Å²) in [7, 11) is 0. The molecule has 174 valence electrons. The monoisotopic (exact) mass is 449 g/mol. The Morgan fingerprint density at radius 2 is 1.91 bits per heavy atom. The number of hydrogen-bond donors (Lipinski definition) is 3. The summed E-state index contributed by atoms with van der Waals surface area (Å²) < 4.78 is 6.04. The van der Waals surface area contributed by atoms with Gasteiger partial charge in [0, 0.05) is 24.7 Å². The van der Waals surface area contributed by atoms with Crippen LogP contribution in [0.15, 0.2) is 30.6 Å². The lowest BCUT2D eigenvalue weighted by Gasteiger charge is -2.29. The third-order valence-corrected chi connectivity index (χ3v) is 6.22. The van der Waals surface area contributed by atoms with Crippen molar-refractivity contribution >= 4 is 28.5 Å². The van der Waals surface area contributed by atoms with Gasteiger partial charge >= 0.3 is 0 Å². The molecule has 0 aromatic carbocycles. The van der Waals surface area contributed by atoms with Crippen molar-refractivity contribution in [1.82, 2.24) is 25.3 Å². The number of nitrogens with one attached hydrogen (secondary N) is 2. The normalized spacial score (nSPS) is 18.3. The minimum Gasteiger partial charge on any atom is -0.489 e. The average molecular weight is 450 g/mol. The van der Waals surface area contributed by atoms with E-state index in [2.05, 4.69) is 25.5 Å². The maximum atomic E-state index is 10.1. The van der Waals surface area contributed by atoms with E-state index in [4.69, 9.17) is 14.7 Å². The van der Waals surface area contributed by atoms with Crippen molar-refractivity contribution in [3.05, 3.63) is 36.3 Å². The van der Waals surface area contributed by atoms with Gasteiger partial charge in [-0.25, -0.2) is 19.9 Å².